The highest BCUT2D eigenvalue weighted by molar-refractivity contribution is 9.10. The molecule has 0 saturated heterocycles. The third kappa shape index (κ3) is 2.46. The van der Waals surface area contributed by atoms with Gasteiger partial charge in [-0.3, -0.25) is 0 Å². The Balaban J connectivity index is 2.37. The van der Waals surface area contributed by atoms with Gasteiger partial charge in [-0.1, -0.05) is 6.07 Å². The number of hydrogen-bond donors (Lipinski definition) is 2. The molecular weight excluding hydrogens is 297 g/mol. The number of nitrogen functional groups attached to an aromatic ring is 1. The molecule has 1 aromatic carbocycles. The third-order valence-corrected chi connectivity index (χ3v) is 3.65. The molecule has 0 unspecified atom stereocenters. The number of halogens is 2. The Morgan fingerprint density at radius 2 is 2.06 bits per heavy atom. The van der Waals surface area contributed by atoms with Crippen LogP contribution in [0.15, 0.2) is 28.9 Å². The van der Waals surface area contributed by atoms with E-state index in [0.29, 0.717) is 17.2 Å². The lowest BCUT2D eigenvalue weighted by molar-refractivity contribution is 0.630. The van der Waals surface area contributed by atoms with Gasteiger partial charge in [-0.05, 0) is 53.0 Å². The molecule has 5 heteroatoms. The molecule has 0 aliphatic carbocycles. The number of anilines is 3. The molecule has 1 aromatic heterocycles. The van der Waals surface area contributed by atoms with Crippen molar-refractivity contribution in [2.24, 2.45) is 0 Å². The molecule has 0 aliphatic heterocycles. The molecule has 1 heterocycles. The van der Waals surface area contributed by atoms with E-state index in [0.717, 1.165) is 15.6 Å². The number of nitrogens with two attached hydrogens (primary N) is 1. The summed E-state index contributed by atoms with van der Waals surface area (Å²) in [6, 6.07) is 4.99. The summed E-state index contributed by atoms with van der Waals surface area (Å²) in [4.78, 5) is 4.15. The van der Waals surface area contributed by atoms with Crippen molar-refractivity contribution in [3.8, 4) is 0 Å². The van der Waals surface area contributed by atoms with Gasteiger partial charge in [0.2, 0.25) is 0 Å². The molecule has 0 spiro atoms. The Morgan fingerprint density at radius 3 is 2.72 bits per heavy atom. The number of aromatic nitrogens is 1. The minimum Gasteiger partial charge on any atom is -0.397 e. The standard InChI is InChI=1S/C13H13BrFN3/c1-7-3-4-11(9(15)5-7)18-13-12(14)8(2)10(16)6-17-13/h3-6H,16H2,1-2H3,(H,17,18). The fourth-order valence-electron chi connectivity index (χ4n) is 1.53. The average molecular weight is 310 g/mol. The van der Waals surface area contributed by atoms with E-state index in [-0.39, 0.29) is 5.82 Å². The summed E-state index contributed by atoms with van der Waals surface area (Å²) in [7, 11) is 0. The second-order valence-corrected chi connectivity index (χ2v) is 4.90. The fourth-order valence-corrected chi connectivity index (χ4v) is 1.96. The fraction of sp³-hybridized carbons (Fsp3) is 0.154. The van der Waals surface area contributed by atoms with Crippen molar-refractivity contribution >= 4 is 33.1 Å². The van der Waals surface area contributed by atoms with E-state index in [4.69, 9.17) is 5.73 Å². The molecule has 94 valence electrons. The number of hydrogen-bond acceptors (Lipinski definition) is 3. The van der Waals surface area contributed by atoms with E-state index in [1.54, 1.807) is 12.3 Å². The van der Waals surface area contributed by atoms with Gasteiger partial charge in [0.1, 0.15) is 11.6 Å². The largest absolute Gasteiger partial charge is 0.397 e. The van der Waals surface area contributed by atoms with Crippen LogP contribution in [0.3, 0.4) is 0 Å². The van der Waals surface area contributed by atoms with Crippen molar-refractivity contribution < 1.29 is 4.39 Å². The SMILES string of the molecule is Cc1ccc(Nc2ncc(N)c(C)c2Br)c(F)c1. The maximum absolute atomic E-state index is 13.7. The van der Waals surface area contributed by atoms with Gasteiger partial charge in [-0.25, -0.2) is 9.37 Å². The van der Waals surface area contributed by atoms with Crippen molar-refractivity contribution in [2.75, 3.05) is 11.1 Å². The van der Waals surface area contributed by atoms with Gasteiger partial charge >= 0.3 is 0 Å². The molecule has 0 radical (unpaired) electrons. The van der Waals surface area contributed by atoms with Gasteiger partial charge in [-0.15, -0.1) is 0 Å². The lowest BCUT2D eigenvalue weighted by Gasteiger charge is -2.11. The van der Waals surface area contributed by atoms with Crippen LogP contribution < -0.4 is 11.1 Å². The molecule has 0 saturated carbocycles. The number of pyridine rings is 1. The number of benzene rings is 1. The summed E-state index contributed by atoms with van der Waals surface area (Å²) >= 11 is 3.40. The summed E-state index contributed by atoms with van der Waals surface area (Å²) < 4.78 is 14.5. The molecule has 3 N–H and O–H groups in total. The van der Waals surface area contributed by atoms with Gasteiger partial charge in [0, 0.05) is 0 Å². The van der Waals surface area contributed by atoms with E-state index >= 15 is 0 Å². The van der Waals surface area contributed by atoms with Crippen molar-refractivity contribution in [3.63, 3.8) is 0 Å². The highest BCUT2D eigenvalue weighted by Crippen LogP contribution is 2.30. The van der Waals surface area contributed by atoms with E-state index in [1.165, 1.54) is 6.07 Å². The molecule has 0 aliphatic rings. The van der Waals surface area contributed by atoms with Crippen LogP contribution in [-0.4, -0.2) is 4.98 Å². The normalized spacial score (nSPS) is 10.4. The zero-order valence-electron chi connectivity index (χ0n) is 10.1. The maximum Gasteiger partial charge on any atom is 0.146 e. The summed E-state index contributed by atoms with van der Waals surface area (Å²) in [6.45, 7) is 3.71. The molecule has 0 amide bonds. The Kier molecular flexibility index (Phi) is 3.52. The van der Waals surface area contributed by atoms with E-state index in [9.17, 15) is 4.39 Å². The van der Waals surface area contributed by atoms with Gasteiger partial charge < -0.3 is 11.1 Å². The van der Waals surface area contributed by atoms with Crippen LogP contribution in [0.1, 0.15) is 11.1 Å². The number of nitrogens with one attached hydrogen (secondary N) is 1. The van der Waals surface area contributed by atoms with Crippen LogP contribution in [-0.2, 0) is 0 Å². The molecule has 2 aromatic rings. The number of aryl methyl sites for hydroxylation is 1. The molecule has 0 bridgehead atoms. The van der Waals surface area contributed by atoms with Crippen LogP contribution in [0.4, 0.5) is 21.6 Å². The highest BCUT2D eigenvalue weighted by Gasteiger charge is 2.09. The van der Waals surface area contributed by atoms with Crippen molar-refractivity contribution in [1.29, 1.82) is 0 Å². The monoisotopic (exact) mass is 309 g/mol. The lowest BCUT2D eigenvalue weighted by atomic mass is 10.2. The van der Waals surface area contributed by atoms with E-state index in [1.807, 2.05) is 19.9 Å². The number of rotatable bonds is 2. The Bertz CT molecular complexity index is 599. The second kappa shape index (κ2) is 4.94. The molecule has 18 heavy (non-hydrogen) atoms. The minimum atomic E-state index is -0.307. The van der Waals surface area contributed by atoms with E-state index < -0.39 is 0 Å². The summed E-state index contributed by atoms with van der Waals surface area (Å²) in [5.41, 5.74) is 8.47. The smallest absolute Gasteiger partial charge is 0.146 e. The van der Waals surface area contributed by atoms with Crippen LogP contribution in [0, 0.1) is 19.7 Å². The third-order valence-electron chi connectivity index (χ3n) is 2.68. The predicted octanol–water partition coefficient (Wildman–Crippen LogP) is 3.93. The van der Waals surface area contributed by atoms with Crippen LogP contribution in [0.25, 0.3) is 0 Å². The molecule has 2 rings (SSSR count). The van der Waals surface area contributed by atoms with E-state index in [2.05, 4.69) is 26.2 Å². The first-order valence-corrected chi connectivity index (χ1v) is 6.22. The Hall–Kier alpha value is -1.62. The summed E-state index contributed by atoms with van der Waals surface area (Å²) in [6.07, 6.45) is 1.55. The van der Waals surface area contributed by atoms with Gasteiger partial charge in [0.15, 0.2) is 0 Å². The first-order valence-electron chi connectivity index (χ1n) is 5.43. The first kappa shape index (κ1) is 12.8. The Morgan fingerprint density at radius 1 is 1.33 bits per heavy atom. The minimum absolute atomic E-state index is 0.307. The zero-order valence-corrected chi connectivity index (χ0v) is 11.7. The van der Waals surface area contributed by atoms with Crippen molar-refractivity contribution in [3.05, 3.63) is 45.8 Å². The first-order chi connectivity index (χ1) is 8.49. The predicted molar refractivity (Wildman–Crippen MR) is 75.5 cm³/mol. The number of nitrogens with zero attached hydrogens (tertiary/aromatic N) is 1. The van der Waals surface area contributed by atoms with Crippen LogP contribution in [0.2, 0.25) is 0 Å². The summed E-state index contributed by atoms with van der Waals surface area (Å²) in [5, 5.41) is 2.95. The van der Waals surface area contributed by atoms with Crippen molar-refractivity contribution in [2.45, 2.75) is 13.8 Å². The van der Waals surface area contributed by atoms with Gasteiger partial charge in [0.25, 0.3) is 0 Å². The van der Waals surface area contributed by atoms with Crippen LogP contribution >= 0.6 is 15.9 Å². The van der Waals surface area contributed by atoms with Crippen LogP contribution in [0.5, 0.6) is 0 Å². The highest BCUT2D eigenvalue weighted by atomic mass is 79.9. The molecule has 0 atom stereocenters. The lowest BCUT2D eigenvalue weighted by Crippen LogP contribution is -2.01. The van der Waals surface area contributed by atoms with Crippen molar-refractivity contribution in [1.82, 2.24) is 4.98 Å². The second-order valence-electron chi connectivity index (χ2n) is 4.11. The average Bonchev–Trinajstić information content (AvgIpc) is 2.33. The Labute approximate surface area is 113 Å². The maximum atomic E-state index is 13.7. The quantitative estimate of drug-likeness (QED) is 0.884. The molecule has 0 fully saturated rings. The molecule has 3 nitrogen and oxygen atoms in total. The topological polar surface area (TPSA) is 50.9 Å². The summed E-state index contributed by atoms with van der Waals surface area (Å²) in [5.74, 6) is 0.239. The van der Waals surface area contributed by atoms with Gasteiger partial charge in [-0.2, -0.15) is 0 Å². The zero-order chi connectivity index (χ0) is 13.3. The van der Waals surface area contributed by atoms with Gasteiger partial charge in [0.05, 0.1) is 22.0 Å². The molecular formula is C13H13BrFN3.